The van der Waals surface area contributed by atoms with Crippen LogP contribution in [0.2, 0.25) is 0 Å². The summed E-state index contributed by atoms with van der Waals surface area (Å²) in [5, 5.41) is 17.0. The second-order valence-corrected chi connectivity index (χ2v) is 10.8. The van der Waals surface area contributed by atoms with Crippen molar-refractivity contribution in [2.24, 2.45) is 0 Å². The lowest BCUT2D eigenvalue weighted by atomic mass is 9.94. The Kier molecular flexibility index (Phi) is 10.5. The van der Waals surface area contributed by atoms with E-state index in [9.17, 15) is 14.7 Å². The van der Waals surface area contributed by atoms with Gasteiger partial charge in [0, 0.05) is 12.2 Å². The molecule has 9 heteroatoms. The third-order valence-corrected chi connectivity index (χ3v) is 6.22. The number of aliphatic hydroxyl groups excluding tert-OH is 1. The first-order valence-electron chi connectivity index (χ1n) is 12.2. The van der Waals surface area contributed by atoms with Gasteiger partial charge >= 0.3 is 12.2 Å². The Morgan fingerprint density at radius 3 is 2.14 bits per heavy atom. The van der Waals surface area contributed by atoms with Crippen molar-refractivity contribution >= 4 is 23.5 Å². The van der Waals surface area contributed by atoms with Gasteiger partial charge in [0.05, 0.1) is 22.5 Å². The van der Waals surface area contributed by atoms with Crippen LogP contribution < -0.4 is 10.6 Å². The smallest absolute Gasteiger partial charge is 0.407 e. The minimum absolute atomic E-state index is 0.0987. The van der Waals surface area contributed by atoms with Crippen molar-refractivity contribution in [3.8, 4) is 0 Å². The lowest BCUT2D eigenvalue weighted by Gasteiger charge is -2.29. The molecule has 0 unspecified atom stereocenters. The molecule has 0 aliphatic heterocycles. The zero-order valence-electron chi connectivity index (χ0n) is 21.4. The van der Waals surface area contributed by atoms with Crippen molar-refractivity contribution in [2.45, 2.75) is 70.4 Å². The van der Waals surface area contributed by atoms with Crippen LogP contribution >= 0.6 is 11.3 Å². The Bertz CT molecular complexity index is 1090. The fourth-order valence-corrected chi connectivity index (χ4v) is 4.32. The topological polar surface area (TPSA) is 110 Å². The zero-order valence-corrected chi connectivity index (χ0v) is 22.2. The molecule has 3 N–H and O–H groups in total. The van der Waals surface area contributed by atoms with Gasteiger partial charge in [-0.15, -0.1) is 11.3 Å². The summed E-state index contributed by atoms with van der Waals surface area (Å²) in [6.45, 7) is 5.49. The maximum atomic E-state index is 12.6. The third-order valence-electron chi connectivity index (χ3n) is 5.47. The molecule has 3 aromatic rings. The van der Waals surface area contributed by atoms with Gasteiger partial charge < -0.3 is 25.2 Å². The molecule has 1 heterocycles. The van der Waals surface area contributed by atoms with Crippen LogP contribution in [0.3, 0.4) is 0 Å². The molecule has 198 valence electrons. The molecule has 0 aliphatic rings. The molecule has 0 saturated carbocycles. The summed E-state index contributed by atoms with van der Waals surface area (Å²) in [7, 11) is 0. The highest BCUT2D eigenvalue weighted by molar-refractivity contribution is 7.09. The van der Waals surface area contributed by atoms with Crippen LogP contribution in [0, 0.1) is 0 Å². The number of rotatable bonds is 11. The van der Waals surface area contributed by atoms with E-state index in [4.69, 9.17) is 9.47 Å². The second-order valence-electron chi connectivity index (χ2n) is 9.82. The molecule has 8 nitrogen and oxygen atoms in total. The fourth-order valence-electron chi connectivity index (χ4n) is 3.82. The molecule has 37 heavy (non-hydrogen) atoms. The van der Waals surface area contributed by atoms with E-state index in [2.05, 4.69) is 15.6 Å². The van der Waals surface area contributed by atoms with Crippen LogP contribution in [0.25, 0.3) is 0 Å². The van der Waals surface area contributed by atoms with Gasteiger partial charge in [-0.3, -0.25) is 4.98 Å². The Balaban J connectivity index is 1.72. The summed E-state index contributed by atoms with van der Waals surface area (Å²) in [5.41, 5.74) is 2.98. The van der Waals surface area contributed by atoms with Gasteiger partial charge in [0.15, 0.2) is 0 Å². The zero-order chi connectivity index (χ0) is 26.7. The molecule has 1 aromatic heterocycles. The lowest BCUT2D eigenvalue weighted by molar-refractivity contribution is 0.0463. The molecule has 0 fully saturated rings. The molecular formula is C28H35N3O5S. The third kappa shape index (κ3) is 10.6. The summed E-state index contributed by atoms with van der Waals surface area (Å²) in [5.74, 6) is 0. The van der Waals surface area contributed by atoms with E-state index in [0.717, 1.165) is 16.0 Å². The Morgan fingerprint density at radius 2 is 1.57 bits per heavy atom. The van der Waals surface area contributed by atoms with Crippen LogP contribution in [0.15, 0.2) is 72.4 Å². The van der Waals surface area contributed by atoms with Crippen LogP contribution in [0.1, 0.15) is 43.2 Å². The van der Waals surface area contributed by atoms with Crippen molar-refractivity contribution in [3.63, 3.8) is 0 Å². The first-order valence-corrected chi connectivity index (χ1v) is 13.1. The number of aliphatic hydroxyl groups is 1. The van der Waals surface area contributed by atoms with Gasteiger partial charge in [-0.1, -0.05) is 60.7 Å². The number of hydrogen-bond acceptors (Lipinski definition) is 7. The van der Waals surface area contributed by atoms with Crippen LogP contribution in [-0.2, 0) is 28.9 Å². The number of nitrogens with zero attached hydrogens (tertiary/aromatic N) is 1. The molecule has 3 atom stereocenters. The maximum Gasteiger partial charge on any atom is 0.407 e. The Hall–Kier alpha value is -3.43. The lowest BCUT2D eigenvalue weighted by Crippen LogP contribution is -2.49. The number of aromatic nitrogens is 1. The van der Waals surface area contributed by atoms with Crippen LogP contribution in [0.5, 0.6) is 0 Å². The van der Waals surface area contributed by atoms with Gasteiger partial charge in [0.2, 0.25) is 0 Å². The summed E-state index contributed by atoms with van der Waals surface area (Å²) in [4.78, 5) is 30.0. The van der Waals surface area contributed by atoms with E-state index >= 15 is 0 Å². The number of benzene rings is 2. The highest BCUT2D eigenvalue weighted by atomic mass is 32.1. The highest BCUT2D eigenvalue weighted by Crippen LogP contribution is 2.16. The van der Waals surface area contributed by atoms with Crippen molar-refractivity contribution < 1.29 is 24.2 Å². The van der Waals surface area contributed by atoms with Crippen molar-refractivity contribution in [2.75, 3.05) is 0 Å². The summed E-state index contributed by atoms with van der Waals surface area (Å²) >= 11 is 1.39. The van der Waals surface area contributed by atoms with Gasteiger partial charge in [-0.25, -0.2) is 9.59 Å². The van der Waals surface area contributed by atoms with Crippen LogP contribution in [-0.4, -0.2) is 46.1 Å². The first-order chi connectivity index (χ1) is 17.7. The van der Waals surface area contributed by atoms with E-state index in [1.54, 1.807) is 32.5 Å². The SMILES string of the molecule is CC(C)(C)OC(=O)N[C@H](Cc1ccccc1)C[C@@H](O)[C@@H](Cc1ccccc1)NC(=O)OCc1cncs1. The molecule has 3 rings (SSSR count). The highest BCUT2D eigenvalue weighted by Gasteiger charge is 2.28. The number of carbonyl (C=O) groups excluding carboxylic acids is 2. The molecule has 0 bridgehead atoms. The van der Waals surface area contributed by atoms with E-state index in [1.807, 2.05) is 60.7 Å². The molecule has 0 radical (unpaired) electrons. The average molecular weight is 526 g/mol. The number of nitrogens with one attached hydrogen (secondary N) is 2. The summed E-state index contributed by atoms with van der Waals surface area (Å²) < 4.78 is 10.8. The quantitative estimate of drug-likeness (QED) is 0.330. The molecule has 0 aliphatic carbocycles. The minimum atomic E-state index is -0.972. The standard InChI is InChI=1S/C28H35N3O5S/c1-28(2,3)36-27(34)30-22(14-20-10-6-4-7-11-20)16-25(32)24(15-21-12-8-5-9-13-21)31-26(33)35-18-23-17-29-19-37-23/h4-13,17,19,22,24-25,32H,14-16,18H2,1-3H3,(H,30,34)(H,31,33)/t22-,24-,25-/m1/s1. The number of hydrogen-bond donors (Lipinski definition) is 3. The Labute approximate surface area is 222 Å². The Morgan fingerprint density at radius 1 is 0.946 bits per heavy atom. The van der Waals surface area contributed by atoms with Gasteiger partial charge in [-0.05, 0) is 51.2 Å². The number of thiazole rings is 1. The minimum Gasteiger partial charge on any atom is -0.444 e. The fraction of sp³-hybridized carbons (Fsp3) is 0.393. The van der Waals surface area contributed by atoms with Gasteiger partial charge in [0.1, 0.15) is 12.2 Å². The van der Waals surface area contributed by atoms with E-state index in [0.29, 0.717) is 12.8 Å². The maximum absolute atomic E-state index is 12.6. The molecule has 0 saturated heterocycles. The van der Waals surface area contributed by atoms with E-state index < -0.39 is 36.0 Å². The predicted octanol–water partition coefficient (Wildman–Crippen LogP) is 4.87. The number of ether oxygens (including phenoxy) is 2. The largest absolute Gasteiger partial charge is 0.444 e. The normalized spacial score (nSPS) is 13.7. The summed E-state index contributed by atoms with van der Waals surface area (Å²) in [6.07, 6.45) is 0.559. The van der Waals surface area contributed by atoms with Gasteiger partial charge in [0.25, 0.3) is 0 Å². The monoisotopic (exact) mass is 525 g/mol. The predicted molar refractivity (Wildman–Crippen MR) is 143 cm³/mol. The number of alkyl carbamates (subject to hydrolysis) is 2. The van der Waals surface area contributed by atoms with Gasteiger partial charge in [-0.2, -0.15) is 0 Å². The molecular weight excluding hydrogens is 490 g/mol. The first kappa shape index (κ1) is 28.1. The van der Waals surface area contributed by atoms with Crippen molar-refractivity contribution in [3.05, 3.63) is 88.4 Å². The molecule has 2 aromatic carbocycles. The number of amides is 2. The summed E-state index contributed by atoms with van der Waals surface area (Å²) in [6, 6.07) is 18.2. The van der Waals surface area contributed by atoms with Crippen molar-refractivity contribution in [1.29, 1.82) is 0 Å². The average Bonchev–Trinajstić information content (AvgIpc) is 3.36. The molecule has 0 spiro atoms. The second kappa shape index (κ2) is 13.8. The van der Waals surface area contributed by atoms with Crippen LogP contribution in [0.4, 0.5) is 9.59 Å². The van der Waals surface area contributed by atoms with E-state index in [1.165, 1.54) is 11.3 Å². The molecule has 2 amide bonds. The van der Waals surface area contributed by atoms with E-state index in [-0.39, 0.29) is 13.0 Å². The number of carbonyl (C=O) groups is 2. The van der Waals surface area contributed by atoms with Crippen molar-refractivity contribution in [1.82, 2.24) is 15.6 Å².